The van der Waals surface area contributed by atoms with Crippen LogP contribution in [0.25, 0.3) is 10.8 Å². The third kappa shape index (κ3) is 7.78. The fourth-order valence-corrected chi connectivity index (χ4v) is 5.92. The van der Waals surface area contributed by atoms with Gasteiger partial charge in [-0.1, -0.05) is 63.4 Å². The maximum absolute atomic E-state index is 13.7. The van der Waals surface area contributed by atoms with Gasteiger partial charge in [-0.25, -0.2) is 0 Å². The van der Waals surface area contributed by atoms with Crippen molar-refractivity contribution in [2.45, 2.75) is 77.3 Å². The molecule has 2 aliphatic rings. The highest BCUT2D eigenvalue weighted by atomic mass is 16.2. The van der Waals surface area contributed by atoms with Crippen molar-refractivity contribution in [3.8, 4) is 0 Å². The molecule has 202 valence electrons. The lowest BCUT2D eigenvalue weighted by atomic mass is 9.99. The predicted molar refractivity (Wildman–Crippen MR) is 152 cm³/mol. The van der Waals surface area contributed by atoms with Crippen molar-refractivity contribution in [2.75, 3.05) is 39.3 Å². The van der Waals surface area contributed by atoms with Crippen LogP contribution in [-0.4, -0.2) is 73.0 Å². The zero-order valence-corrected chi connectivity index (χ0v) is 22.9. The van der Waals surface area contributed by atoms with Crippen molar-refractivity contribution >= 4 is 22.6 Å². The van der Waals surface area contributed by atoms with Crippen LogP contribution in [0.1, 0.15) is 75.6 Å². The fourth-order valence-electron chi connectivity index (χ4n) is 5.92. The van der Waals surface area contributed by atoms with Gasteiger partial charge in [-0.3, -0.25) is 9.59 Å². The minimum atomic E-state index is -0.189. The van der Waals surface area contributed by atoms with Gasteiger partial charge in [0.05, 0.1) is 6.04 Å². The number of carbonyl (C=O) groups is 2. The normalized spacial score (nSPS) is 22.1. The Morgan fingerprint density at radius 1 is 1.05 bits per heavy atom. The monoisotopic (exact) mass is 506 g/mol. The first-order valence-corrected chi connectivity index (χ1v) is 14.6. The van der Waals surface area contributed by atoms with Gasteiger partial charge >= 0.3 is 0 Å². The van der Waals surface area contributed by atoms with E-state index in [9.17, 15) is 9.59 Å². The number of amides is 2. The molecule has 3 atom stereocenters. The summed E-state index contributed by atoms with van der Waals surface area (Å²) < 4.78 is 0. The van der Waals surface area contributed by atoms with E-state index in [1.165, 1.54) is 19.3 Å². The third-order valence-electron chi connectivity index (χ3n) is 8.25. The predicted octanol–water partition coefficient (Wildman–Crippen LogP) is 4.83. The minimum Gasteiger partial charge on any atom is -0.350 e. The molecule has 6 nitrogen and oxygen atoms in total. The quantitative estimate of drug-likeness (QED) is 0.458. The van der Waals surface area contributed by atoms with Gasteiger partial charge in [0, 0.05) is 37.8 Å². The zero-order valence-electron chi connectivity index (χ0n) is 22.9. The van der Waals surface area contributed by atoms with Gasteiger partial charge in [0.25, 0.3) is 5.91 Å². The summed E-state index contributed by atoms with van der Waals surface area (Å²) in [4.78, 5) is 31.3. The van der Waals surface area contributed by atoms with Gasteiger partial charge < -0.3 is 20.4 Å². The topological polar surface area (TPSA) is 64.7 Å². The molecule has 0 saturated carbocycles. The van der Waals surface area contributed by atoms with E-state index in [-0.39, 0.29) is 23.9 Å². The summed E-state index contributed by atoms with van der Waals surface area (Å²) in [6.07, 6.45) is 8.95. The standard InChI is InChI=1S/C31H46N4O2/c1-3-10-24(4-2)23-35-20-15-28(33-29(31(35)37)16-19-34-17-8-5-9-18-34)22-32-30(36)27-14-13-25-11-6-7-12-26(25)21-27/h6-7,11-14,21,24,28-29,33H,3-5,8-10,15-20,22-23H2,1-2H3,(H,32,36)/t24-,28-,29-/m0/s1. The zero-order chi connectivity index (χ0) is 26.0. The maximum Gasteiger partial charge on any atom is 0.251 e. The van der Waals surface area contributed by atoms with Gasteiger partial charge in [-0.2, -0.15) is 0 Å². The average Bonchev–Trinajstić information content (AvgIpc) is 3.08. The molecule has 2 aromatic rings. The molecule has 2 aromatic carbocycles. The van der Waals surface area contributed by atoms with Crippen LogP contribution in [0.5, 0.6) is 0 Å². The first-order valence-electron chi connectivity index (χ1n) is 14.6. The minimum absolute atomic E-state index is 0.0566. The molecular formula is C31H46N4O2. The maximum atomic E-state index is 13.7. The van der Waals surface area contributed by atoms with Crippen molar-refractivity contribution in [1.29, 1.82) is 0 Å². The summed E-state index contributed by atoms with van der Waals surface area (Å²) >= 11 is 0. The average molecular weight is 507 g/mol. The van der Waals surface area contributed by atoms with Crippen LogP contribution < -0.4 is 10.6 Å². The molecule has 0 aromatic heterocycles. The van der Waals surface area contributed by atoms with Crippen LogP contribution in [0.4, 0.5) is 0 Å². The summed E-state index contributed by atoms with van der Waals surface area (Å²) in [7, 11) is 0. The Labute approximate surface area is 223 Å². The number of carbonyl (C=O) groups excluding carboxylic acids is 2. The molecule has 2 saturated heterocycles. The first kappa shape index (κ1) is 27.6. The van der Waals surface area contributed by atoms with E-state index < -0.39 is 0 Å². The molecule has 2 heterocycles. The SMILES string of the molecule is CCC[C@H](CC)CN1CC[C@@H](CNC(=O)c2ccc3ccccc3c2)N[C@@H](CCN2CCCCC2)C1=O. The molecule has 0 radical (unpaired) electrons. The summed E-state index contributed by atoms with van der Waals surface area (Å²) in [5.74, 6) is 0.745. The van der Waals surface area contributed by atoms with Crippen molar-refractivity contribution in [3.05, 3.63) is 48.0 Å². The summed E-state index contributed by atoms with van der Waals surface area (Å²) in [5.41, 5.74) is 0.678. The second kappa shape index (κ2) is 13.9. The van der Waals surface area contributed by atoms with Crippen LogP contribution in [0, 0.1) is 5.92 Å². The number of fused-ring (bicyclic) bond motifs is 1. The number of likely N-dealkylation sites (tertiary alicyclic amines) is 1. The van der Waals surface area contributed by atoms with Crippen LogP contribution in [0.3, 0.4) is 0 Å². The van der Waals surface area contributed by atoms with Gasteiger partial charge in [0.15, 0.2) is 0 Å². The molecule has 0 unspecified atom stereocenters. The highest BCUT2D eigenvalue weighted by molar-refractivity contribution is 5.98. The Bertz CT molecular complexity index is 1020. The second-order valence-electron chi connectivity index (χ2n) is 11.0. The number of hydrogen-bond donors (Lipinski definition) is 2. The van der Waals surface area contributed by atoms with E-state index in [4.69, 9.17) is 0 Å². The lowest BCUT2D eigenvalue weighted by Gasteiger charge is -2.31. The lowest BCUT2D eigenvalue weighted by Crippen LogP contribution is -2.50. The Morgan fingerprint density at radius 2 is 1.84 bits per heavy atom. The molecule has 6 heteroatoms. The van der Waals surface area contributed by atoms with Crippen LogP contribution in [0.15, 0.2) is 42.5 Å². The molecule has 37 heavy (non-hydrogen) atoms. The van der Waals surface area contributed by atoms with Crippen molar-refractivity contribution in [2.24, 2.45) is 5.92 Å². The van der Waals surface area contributed by atoms with Crippen LogP contribution in [0.2, 0.25) is 0 Å². The molecule has 0 aliphatic carbocycles. The fraction of sp³-hybridized carbons (Fsp3) is 0.613. The molecule has 0 bridgehead atoms. The van der Waals surface area contributed by atoms with E-state index in [1.54, 1.807) is 0 Å². The Balaban J connectivity index is 1.40. The van der Waals surface area contributed by atoms with Gasteiger partial charge in [0.2, 0.25) is 5.91 Å². The molecular weight excluding hydrogens is 460 g/mol. The van der Waals surface area contributed by atoms with Crippen LogP contribution in [-0.2, 0) is 4.79 Å². The van der Waals surface area contributed by atoms with Crippen molar-refractivity contribution in [1.82, 2.24) is 20.4 Å². The van der Waals surface area contributed by atoms with E-state index in [0.717, 1.165) is 75.6 Å². The van der Waals surface area contributed by atoms with E-state index >= 15 is 0 Å². The number of nitrogens with zero attached hydrogens (tertiary/aromatic N) is 2. The van der Waals surface area contributed by atoms with E-state index in [2.05, 4.69) is 40.3 Å². The molecule has 4 rings (SSSR count). The van der Waals surface area contributed by atoms with Gasteiger partial charge in [-0.05, 0) is 74.0 Å². The van der Waals surface area contributed by atoms with E-state index in [1.807, 2.05) is 36.4 Å². The van der Waals surface area contributed by atoms with Gasteiger partial charge in [-0.15, -0.1) is 0 Å². The summed E-state index contributed by atoms with van der Waals surface area (Å²) in [5, 5.41) is 9.01. The lowest BCUT2D eigenvalue weighted by molar-refractivity contribution is -0.133. The Morgan fingerprint density at radius 3 is 2.59 bits per heavy atom. The molecule has 0 spiro atoms. The second-order valence-corrected chi connectivity index (χ2v) is 11.0. The Kier molecular flexibility index (Phi) is 10.4. The smallest absolute Gasteiger partial charge is 0.251 e. The number of nitrogens with one attached hydrogen (secondary N) is 2. The largest absolute Gasteiger partial charge is 0.350 e. The van der Waals surface area contributed by atoms with Crippen LogP contribution >= 0.6 is 0 Å². The van der Waals surface area contributed by atoms with Gasteiger partial charge in [0.1, 0.15) is 0 Å². The number of benzene rings is 2. The number of piperidine rings is 1. The number of rotatable bonds is 11. The summed E-state index contributed by atoms with van der Waals surface area (Å²) in [6.45, 7) is 9.83. The Hall–Kier alpha value is -2.44. The van der Waals surface area contributed by atoms with E-state index in [0.29, 0.717) is 18.0 Å². The molecule has 2 fully saturated rings. The highest BCUT2D eigenvalue weighted by Gasteiger charge is 2.32. The third-order valence-corrected chi connectivity index (χ3v) is 8.25. The number of hydrogen-bond acceptors (Lipinski definition) is 4. The highest BCUT2D eigenvalue weighted by Crippen LogP contribution is 2.19. The molecule has 2 aliphatic heterocycles. The summed E-state index contributed by atoms with van der Waals surface area (Å²) in [6, 6.07) is 13.8. The van der Waals surface area contributed by atoms with Crippen molar-refractivity contribution in [3.63, 3.8) is 0 Å². The molecule has 2 N–H and O–H groups in total. The van der Waals surface area contributed by atoms with Crippen molar-refractivity contribution < 1.29 is 9.59 Å². The molecule has 2 amide bonds. The first-order chi connectivity index (χ1) is 18.1.